The molecular weight excluding hydrogens is 380 g/mol. The third-order valence-corrected chi connectivity index (χ3v) is 4.46. The molecule has 30 heavy (non-hydrogen) atoms. The molecule has 3 aromatic heterocycles. The van der Waals surface area contributed by atoms with E-state index < -0.39 is 0 Å². The molecular formula is C22H24N6O2. The summed E-state index contributed by atoms with van der Waals surface area (Å²) in [5.74, 6) is 0.835. The molecule has 0 aliphatic carbocycles. The zero-order valence-corrected chi connectivity index (χ0v) is 17.2. The van der Waals surface area contributed by atoms with Crippen molar-refractivity contribution in [2.24, 2.45) is 5.73 Å². The first kappa shape index (κ1) is 19.6. The number of pyridine rings is 1. The van der Waals surface area contributed by atoms with E-state index in [0.717, 1.165) is 27.8 Å². The van der Waals surface area contributed by atoms with Gasteiger partial charge in [0.05, 0.1) is 11.8 Å². The average Bonchev–Trinajstić information content (AvgIpc) is 3.32. The smallest absolute Gasteiger partial charge is 0.231 e. The van der Waals surface area contributed by atoms with E-state index in [4.69, 9.17) is 10.2 Å². The molecule has 0 aliphatic heterocycles. The number of oxazole rings is 1. The third-order valence-electron chi connectivity index (χ3n) is 4.46. The lowest BCUT2D eigenvalue weighted by atomic mass is 10.1. The van der Waals surface area contributed by atoms with Crippen molar-refractivity contribution in [1.82, 2.24) is 19.7 Å². The molecule has 0 spiro atoms. The number of nitrogens with zero attached hydrogens (tertiary/aromatic N) is 4. The highest BCUT2D eigenvalue weighted by atomic mass is 16.3. The Labute approximate surface area is 174 Å². The SMILES string of the molecule is CC(C)(C)Nc1ncc(-c2cnn(CCC(N)=O)c2)cc1-c1nc2ccccc2o1. The van der Waals surface area contributed by atoms with Gasteiger partial charge in [0.2, 0.25) is 11.8 Å². The highest BCUT2D eigenvalue weighted by Crippen LogP contribution is 2.33. The summed E-state index contributed by atoms with van der Waals surface area (Å²) in [6, 6.07) is 9.64. The van der Waals surface area contributed by atoms with Gasteiger partial charge in [0, 0.05) is 42.0 Å². The van der Waals surface area contributed by atoms with Gasteiger partial charge in [-0.05, 0) is 39.0 Å². The summed E-state index contributed by atoms with van der Waals surface area (Å²) in [5, 5.41) is 7.74. The topological polar surface area (TPSA) is 112 Å². The number of anilines is 1. The molecule has 4 rings (SSSR count). The lowest BCUT2D eigenvalue weighted by molar-refractivity contribution is -0.118. The molecule has 0 bridgehead atoms. The Morgan fingerprint density at radius 1 is 1.20 bits per heavy atom. The molecule has 3 N–H and O–H groups in total. The molecule has 0 aliphatic rings. The number of carbonyl (C=O) groups is 1. The number of nitrogens with two attached hydrogens (primary N) is 1. The predicted molar refractivity (Wildman–Crippen MR) is 116 cm³/mol. The summed E-state index contributed by atoms with van der Waals surface area (Å²) in [7, 11) is 0. The zero-order chi connectivity index (χ0) is 21.3. The van der Waals surface area contributed by atoms with Gasteiger partial charge < -0.3 is 15.5 Å². The summed E-state index contributed by atoms with van der Waals surface area (Å²) >= 11 is 0. The van der Waals surface area contributed by atoms with E-state index in [0.29, 0.717) is 18.3 Å². The number of benzene rings is 1. The fourth-order valence-corrected chi connectivity index (χ4v) is 3.09. The highest BCUT2D eigenvalue weighted by Gasteiger charge is 2.19. The van der Waals surface area contributed by atoms with Crippen LogP contribution >= 0.6 is 0 Å². The Kier molecular flexibility index (Phi) is 4.99. The highest BCUT2D eigenvalue weighted by molar-refractivity contribution is 5.81. The number of amides is 1. The lowest BCUT2D eigenvalue weighted by Crippen LogP contribution is -2.27. The Bertz CT molecular complexity index is 1170. The van der Waals surface area contributed by atoms with Gasteiger partial charge in [0.15, 0.2) is 5.58 Å². The van der Waals surface area contributed by atoms with Crippen LogP contribution in [0.4, 0.5) is 5.82 Å². The molecule has 4 aromatic rings. The minimum atomic E-state index is -0.357. The average molecular weight is 404 g/mol. The van der Waals surface area contributed by atoms with Crippen LogP contribution in [0.1, 0.15) is 27.2 Å². The zero-order valence-electron chi connectivity index (χ0n) is 17.2. The predicted octanol–water partition coefficient (Wildman–Crippen LogP) is 3.84. The molecule has 0 saturated carbocycles. The summed E-state index contributed by atoms with van der Waals surface area (Å²) in [6.45, 7) is 6.65. The van der Waals surface area contributed by atoms with Crippen LogP contribution in [0.5, 0.6) is 0 Å². The molecule has 0 fully saturated rings. The largest absolute Gasteiger partial charge is 0.436 e. The maximum atomic E-state index is 11.0. The molecule has 154 valence electrons. The van der Waals surface area contributed by atoms with Gasteiger partial charge in [0.25, 0.3) is 0 Å². The van der Waals surface area contributed by atoms with Crippen molar-refractivity contribution in [1.29, 1.82) is 0 Å². The Morgan fingerprint density at radius 2 is 2.00 bits per heavy atom. The molecule has 8 nitrogen and oxygen atoms in total. The number of aromatic nitrogens is 4. The van der Waals surface area contributed by atoms with Gasteiger partial charge in [-0.2, -0.15) is 5.10 Å². The fourth-order valence-electron chi connectivity index (χ4n) is 3.09. The second-order valence-corrected chi connectivity index (χ2v) is 8.19. The maximum absolute atomic E-state index is 11.0. The van der Waals surface area contributed by atoms with Crippen molar-refractivity contribution in [2.45, 2.75) is 39.3 Å². The Hall–Kier alpha value is -3.68. The molecule has 1 amide bonds. The number of para-hydroxylation sites is 2. The molecule has 1 aromatic carbocycles. The van der Waals surface area contributed by atoms with Gasteiger partial charge in [-0.25, -0.2) is 9.97 Å². The van der Waals surface area contributed by atoms with Crippen LogP contribution in [0.3, 0.4) is 0 Å². The molecule has 3 heterocycles. The van der Waals surface area contributed by atoms with Gasteiger partial charge in [0.1, 0.15) is 11.3 Å². The van der Waals surface area contributed by atoms with Crippen LogP contribution in [0.2, 0.25) is 0 Å². The van der Waals surface area contributed by atoms with Crippen molar-refractivity contribution < 1.29 is 9.21 Å². The maximum Gasteiger partial charge on any atom is 0.231 e. The van der Waals surface area contributed by atoms with E-state index in [1.165, 1.54) is 0 Å². The fraction of sp³-hybridized carbons (Fsp3) is 0.273. The number of aryl methyl sites for hydroxylation is 1. The second-order valence-electron chi connectivity index (χ2n) is 8.19. The summed E-state index contributed by atoms with van der Waals surface area (Å²) in [5.41, 5.74) is 9.07. The summed E-state index contributed by atoms with van der Waals surface area (Å²) in [4.78, 5) is 20.3. The van der Waals surface area contributed by atoms with Crippen molar-refractivity contribution in [3.05, 3.63) is 48.9 Å². The number of nitrogens with one attached hydrogen (secondary N) is 1. The third kappa shape index (κ3) is 4.32. The van der Waals surface area contributed by atoms with Crippen LogP contribution in [0.25, 0.3) is 33.7 Å². The Morgan fingerprint density at radius 3 is 2.73 bits per heavy atom. The van der Waals surface area contributed by atoms with Crippen LogP contribution < -0.4 is 11.1 Å². The van der Waals surface area contributed by atoms with Crippen LogP contribution in [-0.2, 0) is 11.3 Å². The van der Waals surface area contributed by atoms with E-state index in [1.54, 1.807) is 17.1 Å². The second kappa shape index (κ2) is 7.62. The first-order valence-corrected chi connectivity index (χ1v) is 9.74. The summed E-state index contributed by atoms with van der Waals surface area (Å²) < 4.78 is 7.70. The first-order valence-electron chi connectivity index (χ1n) is 9.74. The van der Waals surface area contributed by atoms with Gasteiger partial charge in [-0.3, -0.25) is 9.48 Å². The monoisotopic (exact) mass is 404 g/mol. The van der Waals surface area contributed by atoms with E-state index in [1.807, 2.05) is 36.5 Å². The Balaban J connectivity index is 1.75. The van der Waals surface area contributed by atoms with Crippen molar-refractivity contribution in [3.8, 4) is 22.6 Å². The van der Waals surface area contributed by atoms with Crippen molar-refractivity contribution in [3.63, 3.8) is 0 Å². The van der Waals surface area contributed by atoms with Gasteiger partial charge >= 0.3 is 0 Å². The van der Waals surface area contributed by atoms with Crippen LogP contribution in [0.15, 0.2) is 53.3 Å². The minimum absolute atomic E-state index is 0.186. The summed E-state index contributed by atoms with van der Waals surface area (Å²) in [6.07, 6.45) is 5.63. The quantitative estimate of drug-likeness (QED) is 0.505. The van der Waals surface area contributed by atoms with E-state index >= 15 is 0 Å². The number of primary amides is 1. The number of fused-ring (bicyclic) bond motifs is 1. The number of rotatable bonds is 6. The van der Waals surface area contributed by atoms with Gasteiger partial charge in [-0.15, -0.1) is 0 Å². The number of hydrogen-bond donors (Lipinski definition) is 2. The van der Waals surface area contributed by atoms with Crippen LogP contribution in [0, 0.1) is 0 Å². The number of carbonyl (C=O) groups excluding carboxylic acids is 1. The lowest BCUT2D eigenvalue weighted by Gasteiger charge is -2.22. The van der Waals surface area contributed by atoms with Crippen LogP contribution in [-0.4, -0.2) is 31.2 Å². The first-order chi connectivity index (χ1) is 14.3. The standard InChI is InChI=1S/C22H24N6O2/c1-22(2,3)27-20-16(21-26-17-6-4-5-7-18(17)30-21)10-14(11-24-20)15-12-25-28(13-15)9-8-19(23)29/h4-7,10-13H,8-9H2,1-3H3,(H2,23,29)(H,24,27). The normalized spacial score (nSPS) is 11.7. The molecule has 8 heteroatoms. The van der Waals surface area contributed by atoms with E-state index in [-0.39, 0.29) is 17.9 Å². The molecule has 0 atom stereocenters. The number of hydrogen-bond acceptors (Lipinski definition) is 6. The van der Waals surface area contributed by atoms with E-state index in [2.05, 4.69) is 41.2 Å². The van der Waals surface area contributed by atoms with Crippen molar-refractivity contribution in [2.75, 3.05) is 5.32 Å². The van der Waals surface area contributed by atoms with E-state index in [9.17, 15) is 4.79 Å². The molecule has 0 unspecified atom stereocenters. The van der Waals surface area contributed by atoms with Gasteiger partial charge in [-0.1, -0.05) is 12.1 Å². The minimum Gasteiger partial charge on any atom is -0.436 e. The molecule has 0 radical (unpaired) electrons. The van der Waals surface area contributed by atoms with Crippen molar-refractivity contribution >= 4 is 22.8 Å². The molecule has 0 saturated heterocycles.